The highest BCUT2D eigenvalue weighted by Crippen LogP contribution is 2.32. The summed E-state index contributed by atoms with van der Waals surface area (Å²) in [5.41, 5.74) is 3.39. The minimum atomic E-state index is 0.0517. The molecule has 5 nitrogen and oxygen atoms in total. The van der Waals surface area contributed by atoms with Crippen LogP contribution in [0.2, 0.25) is 0 Å². The Hall–Kier alpha value is -2.95. The lowest BCUT2D eigenvalue weighted by Gasteiger charge is -2.09. The van der Waals surface area contributed by atoms with E-state index in [-0.39, 0.29) is 5.75 Å². The van der Waals surface area contributed by atoms with Crippen LogP contribution < -0.4 is 10.1 Å². The zero-order valence-corrected chi connectivity index (χ0v) is 13.1. The molecule has 0 aliphatic rings. The van der Waals surface area contributed by atoms with Gasteiger partial charge in [-0.3, -0.25) is 0 Å². The lowest BCUT2D eigenvalue weighted by atomic mass is 10.0. The number of benzene rings is 2. The van der Waals surface area contributed by atoms with Crippen LogP contribution in [0.3, 0.4) is 0 Å². The summed E-state index contributed by atoms with van der Waals surface area (Å²) in [5, 5.41) is 23.7. The minimum absolute atomic E-state index is 0.0517. The maximum absolute atomic E-state index is 9.71. The average molecular weight is 311 g/mol. The zero-order valence-electron chi connectivity index (χ0n) is 13.1. The average Bonchev–Trinajstić information content (AvgIpc) is 2.53. The van der Waals surface area contributed by atoms with Crippen LogP contribution in [0.15, 0.2) is 46.0 Å². The molecular weight excluding hydrogens is 294 g/mol. The van der Waals surface area contributed by atoms with E-state index in [0.29, 0.717) is 28.0 Å². The lowest BCUT2D eigenvalue weighted by Crippen LogP contribution is -2.05. The van der Waals surface area contributed by atoms with Crippen LogP contribution in [-0.4, -0.2) is 17.4 Å². The molecule has 0 atom stereocenters. The van der Waals surface area contributed by atoms with Crippen LogP contribution in [0, 0.1) is 13.8 Å². The van der Waals surface area contributed by atoms with E-state index in [1.165, 1.54) is 13.2 Å². The van der Waals surface area contributed by atoms with Crippen molar-refractivity contribution in [3.8, 4) is 22.8 Å². The number of phenolic OH excluding ortho intramolecular Hbond substituents is 1. The first-order chi connectivity index (χ1) is 11.0. The third kappa shape index (κ3) is 2.61. The SMILES string of the molecule is COc1cc(-c2cc(=NO)c3c(C)cc(C)cc3o2)ccc1O. The van der Waals surface area contributed by atoms with Crippen LogP contribution in [0.4, 0.5) is 0 Å². The number of nitrogens with zero attached hydrogens (tertiary/aromatic N) is 1. The van der Waals surface area contributed by atoms with Gasteiger partial charge in [0.1, 0.15) is 16.7 Å². The maximum Gasteiger partial charge on any atom is 0.161 e. The van der Waals surface area contributed by atoms with Crippen molar-refractivity contribution in [2.75, 3.05) is 7.11 Å². The van der Waals surface area contributed by atoms with E-state index in [4.69, 9.17) is 9.15 Å². The first kappa shape index (κ1) is 15.0. The summed E-state index contributed by atoms with van der Waals surface area (Å²) < 4.78 is 11.1. The largest absolute Gasteiger partial charge is 0.504 e. The number of aryl methyl sites for hydroxylation is 2. The molecule has 0 radical (unpaired) electrons. The van der Waals surface area contributed by atoms with Crippen molar-refractivity contribution in [1.82, 2.24) is 0 Å². The Morgan fingerprint density at radius 2 is 1.87 bits per heavy atom. The van der Waals surface area contributed by atoms with Crippen molar-refractivity contribution in [1.29, 1.82) is 0 Å². The first-order valence-corrected chi connectivity index (χ1v) is 7.14. The Balaban J connectivity index is 2.31. The number of methoxy groups -OCH3 is 1. The minimum Gasteiger partial charge on any atom is -0.504 e. The fourth-order valence-corrected chi connectivity index (χ4v) is 2.73. The molecule has 2 N–H and O–H groups in total. The third-order valence-electron chi connectivity index (χ3n) is 3.76. The maximum atomic E-state index is 9.71. The molecule has 0 bridgehead atoms. The van der Waals surface area contributed by atoms with Crippen molar-refractivity contribution in [3.05, 3.63) is 52.9 Å². The predicted octanol–water partition coefficient (Wildman–Crippen LogP) is 3.72. The van der Waals surface area contributed by atoms with Gasteiger partial charge in [-0.1, -0.05) is 11.2 Å². The van der Waals surface area contributed by atoms with Gasteiger partial charge in [-0.2, -0.15) is 0 Å². The Morgan fingerprint density at radius 3 is 2.57 bits per heavy atom. The summed E-state index contributed by atoms with van der Waals surface area (Å²) >= 11 is 0. The number of hydrogen-bond acceptors (Lipinski definition) is 5. The van der Waals surface area contributed by atoms with Gasteiger partial charge in [-0.05, 0) is 49.2 Å². The molecule has 0 spiro atoms. The lowest BCUT2D eigenvalue weighted by molar-refractivity contribution is 0.302. The normalized spacial score (nSPS) is 11.9. The molecule has 118 valence electrons. The van der Waals surface area contributed by atoms with Crippen molar-refractivity contribution in [2.24, 2.45) is 5.16 Å². The van der Waals surface area contributed by atoms with Crippen molar-refractivity contribution >= 4 is 11.0 Å². The van der Waals surface area contributed by atoms with Gasteiger partial charge in [0.25, 0.3) is 0 Å². The van der Waals surface area contributed by atoms with E-state index < -0.39 is 0 Å². The third-order valence-corrected chi connectivity index (χ3v) is 3.76. The standard InChI is InChI=1S/C18H17NO4/c1-10-6-11(2)18-13(19-21)9-15(23-17(18)7-10)12-4-5-14(20)16(8-12)22-3/h4-9,20-21H,1-3H3. The number of phenols is 1. The second-order valence-electron chi connectivity index (χ2n) is 5.44. The van der Waals surface area contributed by atoms with E-state index in [1.807, 2.05) is 26.0 Å². The van der Waals surface area contributed by atoms with E-state index >= 15 is 0 Å². The molecule has 1 heterocycles. The summed E-state index contributed by atoms with van der Waals surface area (Å²) in [6.07, 6.45) is 0. The summed E-state index contributed by atoms with van der Waals surface area (Å²) in [5.74, 6) is 0.921. The second-order valence-corrected chi connectivity index (χ2v) is 5.44. The van der Waals surface area contributed by atoms with Crippen LogP contribution in [0.1, 0.15) is 11.1 Å². The molecular formula is C18H17NO4. The summed E-state index contributed by atoms with van der Waals surface area (Å²) in [6.45, 7) is 3.93. The molecule has 5 heteroatoms. The molecule has 0 saturated carbocycles. The molecule has 2 aromatic carbocycles. The Labute approximate surface area is 133 Å². The highest BCUT2D eigenvalue weighted by atomic mass is 16.5. The topological polar surface area (TPSA) is 75.2 Å². The van der Waals surface area contributed by atoms with E-state index in [9.17, 15) is 10.3 Å². The molecule has 0 amide bonds. The van der Waals surface area contributed by atoms with Gasteiger partial charge in [0.05, 0.1) is 7.11 Å². The number of fused-ring (bicyclic) bond motifs is 1. The number of aromatic hydroxyl groups is 1. The molecule has 0 saturated heterocycles. The molecule has 23 heavy (non-hydrogen) atoms. The quantitative estimate of drug-likeness (QED) is 0.558. The Morgan fingerprint density at radius 1 is 1.09 bits per heavy atom. The van der Waals surface area contributed by atoms with E-state index in [2.05, 4.69) is 5.16 Å². The highest BCUT2D eigenvalue weighted by Gasteiger charge is 2.11. The van der Waals surface area contributed by atoms with E-state index in [0.717, 1.165) is 16.5 Å². The summed E-state index contributed by atoms with van der Waals surface area (Å²) in [6, 6.07) is 10.5. The van der Waals surface area contributed by atoms with Crippen molar-refractivity contribution in [3.63, 3.8) is 0 Å². The second kappa shape index (κ2) is 5.68. The van der Waals surface area contributed by atoms with Crippen molar-refractivity contribution in [2.45, 2.75) is 13.8 Å². The Bertz CT molecular complexity index is 957. The Kier molecular flexibility index (Phi) is 3.70. The van der Waals surface area contributed by atoms with Crippen LogP contribution in [0.5, 0.6) is 11.5 Å². The summed E-state index contributed by atoms with van der Waals surface area (Å²) in [4.78, 5) is 0. The van der Waals surface area contributed by atoms with Gasteiger partial charge < -0.3 is 19.5 Å². The van der Waals surface area contributed by atoms with Gasteiger partial charge in [-0.15, -0.1) is 0 Å². The van der Waals surface area contributed by atoms with Gasteiger partial charge in [0.15, 0.2) is 11.5 Å². The molecule has 0 unspecified atom stereocenters. The van der Waals surface area contributed by atoms with Crippen LogP contribution >= 0.6 is 0 Å². The molecule has 3 rings (SSSR count). The van der Waals surface area contributed by atoms with Gasteiger partial charge in [-0.25, -0.2) is 0 Å². The smallest absolute Gasteiger partial charge is 0.161 e. The fraction of sp³-hybridized carbons (Fsp3) is 0.167. The van der Waals surface area contributed by atoms with Crippen molar-refractivity contribution < 1.29 is 19.5 Å². The first-order valence-electron chi connectivity index (χ1n) is 7.14. The van der Waals surface area contributed by atoms with Gasteiger partial charge in [0.2, 0.25) is 0 Å². The zero-order chi connectivity index (χ0) is 16.6. The molecule has 0 aliphatic carbocycles. The van der Waals surface area contributed by atoms with Crippen LogP contribution in [0.25, 0.3) is 22.3 Å². The number of ether oxygens (including phenoxy) is 1. The predicted molar refractivity (Wildman–Crippen MR) is 86.7 cm³/mol. The highest BCUT2D eigenvalue weighted by molar-refractivity contribution is 5.82. The van der Waals surface area contributed by atoms with Gasteiger partial charge >= 0.3 is 0 Å². The molecule has 0 aliphatic heterocycles. The van der Waals surface area contributed by atoms with E-state index in [1.54, 1.807) is 18.2 Å². The number of rotatable bonds is 2. The number of hydrogen-bond donors (Lipinski definition) is 2. The van der Waals surface area contributed by atoms with Gasteiger partial charge in [0, 0.05) is 17.0 Å². The van der Waals surface area contributed by atoms with Crippen LogP contribution in [-0.2, 0) is 0 Å². The molecule has 3 aromatic rings. The molecule has 1 aromatic heterocycles. The summed E-state index contributed by atoms with van der Waals surface area (Å²) in [7, 11) is 1.48. The molecule has 0 fully saturated rings. The fourth-order valence-electron chi connectivity index (χ4n) is 2.73. The monoisotopic (exact) mass is 311 g/mol.